The second kappa shape index (κ2) is 7.67. The number of ketones is 1. The summed E-state index contributed by atoms with van der Waals surface area (Å²) in [7, 11) is -1.13. The Hall–Kier alpha value is -0.710. The van der Waals surface area contributed by atoms with Gasteiger partial charge >= 0.3 is 0 Å². The van der Waals surface area contributed by atoms with E-state index in [-0.39, 0.29) is 17.6 Å². The topological polar surface area (TPSA) is 54.5 Å². The summed E-state index contributed by atoms with van der Waals surface area (Å²) >= 11 is 0. The van der Waals surface area contributed by atoms with Crippen LogP contribution in [0, 0.1) is 5.92 Å². The predicted octanol–water partition coefficient (Wildman–Crippen LogP) is 1.36. The molecule has 0 aromatic rings. The minimum Gasteiger partial charge on any atom is -0.342 e. The number of carbonyl (C=O) groups is 2. The molecule has 0 N–H and O–H groups in total. The molecule has 2 atom stereocenters. The van der Waals surface area contributed by atoms with Gasteiger partial charge in [-0.2, -0.15) is 0 Å². The van der Waals surface area contributed by atoms with Crippen molar-refractivity contribution in [2.24, 2.45) is 5.92 Å². The summed E-state index contributed by atoms with van der Waals surface area (Å²) in [6.45, 7) is 5.16. The van der Waals surface area contributed by atoms with Crippen LogP contribution in [0.5, 0.6) is 0 Å². The monoisotopic (exact) mass is 273 g/mol. The third-order valence-electron chi connectivity index (χ3n) is 3.53. The van der Waals surface area contributed by atoms with Crippen LogP contribution in [0.25, 0.3) is 0 Å². The van der Waals surface area contributed by atoms with E-state index in [0.29, 0.717) is 37.5 Å². The minimum atomic E-state index is -1.13. The third kappa shape index (κ3) is 4.52. The molecule has 0 radical (unpaired) electrons. The lowest BCUT2D eigenvalue weighted by Crippen LogP contribution is -2.34. The molecule has 4 nitrogen and oxygen atoms in total. The average molecular weight is 273 g/mol. The van der Waals surface area contributed by atoms with E-state index in [1.807, 2.05) is 13.8 Å². The van der Waals surface area contributed by atoms with E-state index >= 15 is 0 Å². The summed E-state index contributed by atoms with van der Waals surface area (Å²) in [6.07, 6.45) is 3.25. The Morgan fingerprint density at radius 3 is 2.56 bits per heavy atom. The number of carbonyl (C=O) groups excluding carboxylic acids is 2. The fourth-order valence-electron chi connectivity index (χ4n) is 2.34. The standard InChI is InChI=1S/C13H23NO3S/c1-3-14(4-2)13(16)10-18(17)9-8-11-6-5-7-12(11)15/h11H,3-10H2,1-2H3. The van der Waals surface area contributed by atoms with Gasteiger partial charge in [0.2, 0.25) is 5.91 Å². The zero-order valence-corrected chi connectivity index (χ0v) is 12.1. The number of rotatable bonds is 7. The van der Waals surface area contributed by atoms with Crippen molar-refractivity contribution in [3.63, 3.8) is 0 Å². The molecule has 0 bridgehead atoms. The maximum absolute atomic E-state index is 11.8. The fourth-order valence-corrected chi connectivity index (χ4v) is 3.49. The van der Waals surface area contributed by atoms with Crippen LogP contribution in [0.2, 0.25) is 0 Å². The first-order chi connectivity index (χ1) is 8.58. The molecule has 0 aromatic heterocycles. The second-order valence-electron chi connectivity index (χ2n) is 4.70. The summed E-state index contributed by atoms with van der Waals surface area (Å²) in [5.41, 5.74) is 0. The van der Waals surface area contributed by atoms with Gasteiger partial charge in [0.1, 0.15) is 11.5 Å². The van der Waals surface area contributed by atoms with Gasteiger partial charge < -0.3 is 4.90 Å². The van der Waals surface area contributed by atoms with E-state index < -0.39 is 10.8 Å². The van der Waals surface area contributed by atoms with Crippen LogP contribution < -0.4 is 0 Å². The highest BCUT2D eigenvalue weighted by molar-refractivity contribution is 7.85. The highest BCUT2D eigenvalue weighted by Gasteiger charge is 2.24. The Morgan fingerprint density at radius 1 is 1.39 bits per heavy atom. The smallest absolute Gasteiger partial charge is 0.235 e. The van der Waals surface area contributed by atoms with Gasteiger partial charge in [-0.3, -0.25) is 13.8 Å². The average Bonchev–Trinajstić information content (AvgIpc) is 2.74. The van der Waals surface area contributed by atoms with Gasteiger partial charge in [0.05, 0.1) is 0 Å². The number of Topliss-reactive ketones (excluding diaryl/α,β-unsaturated/α-hetero) is 1. The number of hydrogen-bond donors (Lipinski definition) is 0. The second-order valence-corrected chi connectivity index (χ2v) is 6.28. The Morgan fingerprint density at radius 2 is 2.06 bits per heavy atom. The van der Waals surface area contributed by atoms with Crippen molar-refractivity contribution in [2.45, 2.75) is 39.5 Å². The molecule has 1 rings (SSSR count). The number of nitrogens with zero attached hydrogens (tertiary/aromatic N) is 1. The highest BCUT2D eigenvalue weighted by Crippen LogP contribution is 2.24. The van der Waals surface area contributed by atoms with Crippen molar-refractivity contribution in [1.82, 2.24) is 4.90 Å². The maximum atomic E-state index is 11.8. The molecule has 104 valence electrons. The van der Waals surface area contributed by atoms with Crippen molar-refractivity contribution >= 4 is 22.5 Å². The van der Waals surface area contributed by atoms with Crippen molar-refractivity contribution in [3.05, 3.63) is 0 Å². The lowest BCUT2D eigenvalue weighted by molar-refractivity contribution is -0.128. The molecule has 1 amide bonds. The molecule has 1 saturated carbocycles. The van der Waals surface area contributed by atoms with Crippen LogP contribution in [-0.2, 0) is 20.4 Å². The predicted molar refractivity (Wildman–Crippen MR) is 72.8 cm³/mol. The molecular weight excluding hydrogens is 250 g/mol. The molecule has 0 aromatic carbocycles. The van der Waals surface area contributed by atoms with E-state index in [1.54, 1.807) is 4.90 Å². The first-order valence-corrected chi connectivity index (χ1v) is 8.22. The van der Waals surface area contributed by atoms with Crippen LogP contribution in [0.15, 0.2) is 0 Å². The van der Waals surface area contributed by atoms with E-state index in [0.717, 1.165) is 12.8 Å². The lowest BCUT2D eigenvalue weighted by atomic mass is 10.1. The molecule has 1 aliphatic carbocycles. The van der Waals surface area contributed by atoms with Crippen molar-refractivity contribution < 1.29 is 13.8 Å². The molecule has 0 heterocycles. The minimum absolute atomic E-state index is 0.0453. The van der Waals surface area contributed by atoms with Crippen molar-refractivity contribution in [1.29, 1.82) is 0 Å². The van der Waals surface area contributed by atoms with Crippen LogP contribution in [0.3, 0.4) is 0 Å². The van der Waals surface area contributed by atoms with Crippen LogP contribution >= 0.6 is 0 Å². The molecule has 2 unspecified atom stereocenters. The Kier molecular flexibility index (Phi) is 6.54. The summed E-state index contributed by atoms with van der Waals surface area (Å²) in [6, 6.07) is 0. The normalized spacial score (nSPS) is 21.0. The van der Waals surface area contributed by atoms with Crippen molar-refractivity contribution in [2.75, 3.05) is 24.6 Å². The summed E-state index contributed by atoms with van der Waals surface area (Å²) in [5, 5.41) is 0. The molecular formula is C13H23NO3S. The largest absolute Gasteiger partial charge is 0.342 e. The van der Waals surface area contributed by atoms with Crippen LogP contribution in [-0.4, -0.2) is 45.4 Å². The Balaban J connectivity index is 2.28. The van der Waals surface area contributed by atoms with Gasteiger partial charge in [-0.1, -0.05) is 0 Å². The summed E-state index contributed by atoms with van der Waals surface area (Å²) in [5.74, 6) is 0.932. The quantitative estimate of drug-likeness (QED) is 0.704. The first-order valence-electron chi connectivity index (χ1n) is 6.73. The van der Waals surface area contributed by atoms with Gasteiger partial charge in [-0.15, -0.1) is 0 Å². The first kappa shape index (κ1) is 15.3. The number of hydrogen-bond acceptors (Lipinski definition) is 3. The van der Waals surface area contributed by atoms with E-state index in [4.69, 9.17) is 0 Å². The van der Waals surface area contributed by atoms with Crippen LogP contribution in [0.1, 0.15) is 39.5 Å². The Labute approximate surface area is 112 Å². The molecule has 0 aliphatic heterocycles. The summed E-state index contributed by atoms with van der Waals surface area (Å²) in [4.78, 5) is 24.9. The molecule has 1 fully saturated rings. The van der Waals surface area contributed by atoms with Crippen LogP contribution in [0.4, 0.5) is 0 Å². The number of amides is 1. The van der Waals surface area contributed by atoms with Crippen molar-refractivity contribution in [3.8, 4) is 0 Å². The SMILES string of the molecule is CCN(CC)C(=O)CS(=O)CCC1CCCC1=O. The zero-order chi connectivity index (χ0) is 13.5. The Bertz CT molecular complexity index is 326. The molecule has 5 heteroatoms. The van der Waals surface area contributed by atoms with E-state index in [1.165, 1.54) is 0 Å². The van der Waals surface area contributed by atoms with Gasteiger partial charge in [0, 0.05) is 42.0 Å². The third-order valence-corrected chi connectivity index (χ3v) is 4.79. The molecule has 0 saturated heterocycles. The van der Waals surface area contributed by atoms with Gasteiger partial charge in [-0.05, 0) is 33.1 Å². The van der Waals surface area contributed by atoms with Gasteiger partial charge in [0.15, 0.2) is 0 Å². The van der Waals surface area contributed by atoms with Gasteiger partial charge in [-0.25, -0.2) is 0 Å². The lowest BCUT2D eigenvalue weighted by Gasteiger charge is -2.18. The molecule has 18 heavy (non-hydrogen) atoms. The summed E-state index contributed by atoms with van der Waals surface area (Å²) < 4.78 is 11.8. The fraction of sp³-hybridized carbons (Fsp3) is 0.846. The molecule has 1 aliphatic rings. The van der Waals surface area contributed by atoms with Gasteiger partial charge in [0.25, 0.3) is 0 Å². The molecule has 0 spiro atoms. The van der Waals surface area contributed by atoms with E-state index in [9.17, 15) is 13.8 Å². The highest BCUT2D eigenvalue weighted by atomic mass is 32.2. The maximum Gasteiger partial charge on any atom is 0.235 e. The zero-order valence-electron chi connectivity index (χ0n) is 11.3. The van der Waals surface area contributed by atoms with E-state index in [2.05, 4.69) is 0 Å².